The van der Waals surface area contributed by atoms with Crippen molar-refractivity contribution in [3.05, 3.63) is 18.7 Å². The first-order chi connectivity index (χ1) is 10.1. The van der Waals surface area contributed by atoms with Crippen molar-refractivity contribution in [3.8, 4) is 0 Å². The van der Waals surface area contributed by atoms with Crippen LogP contribution in [0.1, 0.15) is 52.0 Å². The van der Waals surface area contributed by atoms with E-state index in [9.17, 15) is 9.90 Å². The molecule has 1 aromatic rings. The summed E-state index contributed by atoms with van der Waals surface area (Å²) in [5, 5.41) is 12.4. The van der Waals surface area contributed by atoms with Crippen LogP contribution in [0.2, 0.25) is 0 Å². The number of amides is 1. The van der Waals surface area contributed by atoms with E-state index in [2.05, 4.69) is 24.1 Å². The van der Waals surface area contributed by atoms with Crippen LogP contribution in [-0.2, 0) is 4.79 Å². The van der Waals surface area contributed by atoms with Crippen LogP contribution in [-0.4, -0.2) is 33.2 Å². The van der Waals surface area contributed by atoms with Crippen molar-refractivity contribution in [1.29, 1.82) is 0 Å². The van der Waals surface area contributed by atoms with E-state index in [4.69, 9.17) is 0 Å². The molecule has 1 amide bonds. The summed E-state index contributed by atoms with van der Waals surface area (Å²) in [5.41, 5.74) is 0. The average molecular weight is 293 g/mol. The summed E-state index contributed by atoms with van der Waals surface area (Å²) in [6.07, 6.45) is 10.0. The van der Waals surface area contributed by atoms with Crippen LogP contribution in [0.5, 0.6) is 0 Å². The molecule has 1 heterocycles. The molecule has 0 aliphatic heterocycles. The molecule has 5 nitrogen and oxygen atoms in total. The van der Waals surface area contributed by atoms with Gasteiger partial charge in [-0.25, -0.2) is 4.98 Å². The molecular weight excluding hydrogens is 266 g/mol. The maximum atomic E-state index is 12.6. The molecular formula is C16H27N3O2. The highest BCUT2D eigenvalue weighted by molar-refractivity contribution is 5.80. The molecule has 118 valence electrons. The molecule has 0 saturated heterocycles. The summed E-state index contributed by atoms with van der Waals surface area (Å²) in [6, 6.07) is 0.0709. The summed E-state index contributed by atoms with van der Waals surface area (Å²) in [4.78, 5) is 16.6. The molecule has 0 radical (unpaired) electrons. The van der Waals surface area contributed by atoms with Crippen LogP contribution in [0.15, 0.2) is 18.7 Å². The number of carbonyl (C=O) groups is 1. The number of rotatable bonds is 6. The highest BCUT2D eigenvalue weighted by Gasteiger charge is 2.26. The van der Waals surface area contributed by atoms with Gasteiger partial charge in [-0.1, -0.05) is 13.8 Å². The number of aliphatic hydroxyl groups is 1. The number of hydrogen-bond acceptors (Lipinski definition) is 3. The lowest BCUT2D eigenvalue weighted by molar-refractivity contribution is -0.125. The van der Waals surface area contributed by atoms with Crippen LogP contribution in [0.4, 0.5) is 0 Å². The van der Waals surface area contributed by atoms with Crippen LogP contribution < -0.4 is 5.32 Å². The molecule has 1 aliphatic carbocycles. The quantitative estimate of drug-likeness (QED) is 0.844. The summed E-state index contributed by atoms with van der Waals surface area (Å²) >= 11 is 0. The molecule has 1 atom stereocenters. The predicted octanol–water partition coefficient (Wildman–Crippen LogP) is 2.14. The number of nitrogens with zero attached hydrogens (tertiary/aromatic N) is 2. The van der Waals surface area contributed by atoms with E-state index in [1.54, 1.807) is 12.5 Å². The SMILES string of the molecule is CC(C)CC(C(=O)NC1CCC(CO)CC1)n1ccnc1. The molecule has 1 aromatic heterocycles. The zero-order valence-electron chi connectivity index (χ0n) is 13.0. The van der Waals surface area contributed by atoms with Crippen molar-refractivity contribution >= 4 is 5.91 Å². The van der Waals surface area contributed by atoms with Gasteiger partial charge in [-0.3, -0.25) is 4.79 Å². The molecule has 2 rings (SSSR count). The lowest BCUT2D eigenvalue weighted by atomic mass is 9.86. The molecule has 1 saturated carbocycles. The normalized spacial score (nSPS) is 24.0. The Morgan fingerprint density at radius 3 is 2.62 bits per heavy atom. The van der Waals surface area contributed by atoms with Gasteiger partial charge < -0.3 is 15.0 Å². The largest absolute Gasteiger partial charge is 0.396 e. The lowest BCUT2D eigenvalue weighted by Crippen LogP contribution is -2.42. The Bertz CT molecular complexity index is 423. The first kappa shape index (κ1) is 16.0. The van der Waals surface area contributed by atoms with Crippen molar-refractivity contribution in [2.75, 3.05) is 6.61 Å². The summed E-state index contributed by atoms with van der Waals surface area (Å²) < 4.78 is 1.90. The van der Waals surface area contributed by atoms with E-state index in [-0.39, 0.29) is 24.6 Å². The monoisotopic (exact) mass is 293 g/mol. The highest BCUT2D eigenvalue weighted by Crippen LogP contribution is 2.25. The van der Waals surface area contributed by atoms with Crippen molar-refractivity contribution in [1.82, 2.24) is 14.9 Å². The molecule has 1 aliphatic rings. The van der Waals surface area contributed by atoms with Gasteiger partial charge >= 0.3 is 0 Å². The van der Waals surface area contributed by atoms with E-state index in [0.29, 0.717) is 11.8 Å². The standard InChI is InChI=1S/C16H27N3O2/c1-12(2)9-15(19-8-7-17-11-19)16(21)18-14-5-3-13(10-20)4-6-14/h7-8,11-15,20H,3-6,9-10H2,1-2H3,(H,18,21). The van der Waals surface area contributed by atoms with Gasteiger partial charge in [-0.2, -0.15) is 0 Å². The third kappa shape index (κ3) is 4.56. The van der Waals surface area contributed by atoms with Gasteiger partial charge in [0.15, 0.2) is 0 Å². The van der Waals surface area contributed by atoms with Crippen molar-refractivity contribution in [3.63, 3.8) is 0 Å². The Morgan fingerprint density at radius 1 is 1.38 bits per heavy atom. The average Bonchev–Trinajstić information content (AvgIpc) is 2.99. The topological polar surface area (TPSA) is 67.2 Å². The van der Waals surface area contributed by atoms with Gasteiger partial charge in [-0.15, -0.1) is 0 Å². The van der Waals surface area contributed by atoms with Crippen LogP contribution in [0.3, 0.4) is 0 Å². The Balaban J connectivity index is 1.93. The van der Waals surface area contributed by atoms with Crippen molar-refractivity contribution < 1.29 is 9.90 Å². The minimum Gasteiger partial charge on any atom is -0.396 e. The molecule has 1 fully saturated rings. The minimum atomic E-state index is -0.178. The van der Waals surface area contributed by atoms with Gasteiger partial charge in [0, 0.05) is 25.0 Å². The Kier molecular flexibility index (Phi) is 5.79. The highest BCUT2D eigenvalue weighted by atomic mass is 16.3. The number of aromatic nitrogens is 2. The third-order valence-electron chi connectivity index (χ3n) is 4.33. The third-order valence-corrected chi connectivity index (χ3v) is 4.33. The molecule has 0 aromatic carbocycles. The number of aliphatic hydroxyl groups excluding tert-OH is 1. The van der Waals surface area contributed by atoms with E-state index in [0.717, 1.165) is 32.1 Å². The van der Waals surface area contributed by atoms with Gasteiger partial charge in [0.2, 0.25) is 5.91 Å². The van der Waals surface area contributed by atoms with E-state index in [1.807, 2.05) is 10.8 Å². The second-order valence-electron chi connectivity index (χ2n) is 6.56. The number of carbonyl (C=O) groups excluding carboxylic acids is 1. The van der Waals surface area contributed by atoms with E-state index < -0.39 is 0 Å². The number of hydrogen-bond donors (Lipinski definition) is 2. The van der Waals surface area contributed by atoms with Crippen LogP contribution in [0, 0.1) is 11.8 Å². The zero-order valence-corrected chi connectivity index (χ0v) is 13.0. The molecule has 2 N–H and O–H groups in total. The second-order valence-corrected chi connectivity index (χ2v) is 6.56. The van der Waals surface area contributed by atoms with Crippen molar-refractivity contribution in [2.45, 2.75) is 58.0 Å². The fraction of sp³-hybridized carbons (Fsp3) is 0.750. The number of imidazole rings is 1. The lowest BCUT2D eigenvalue weighted by Gasteiger charge is -2.30. The van der Waals surface area contributed by atoms with Gasteiger partial charge in [-0.05, 0) is 43.9 Å². The fourth-order valence-electron chi connectivity index (χ4n) is 3.05. The van der Waals surface area contributed by atoms with Gasteiger partial charge in [0.05, 0.1) is 6.33 Å². The smallest absolute Gasteiger partial charge is 0.243 e. The van der Waals surface area contributed by atoms with Crippen LogP contribution in [0.25, 0.3) is 0 Å². The Morgan fingerprint density at radius 2 is 2.10 bits per heavy atom. The molecule has 0 spiro atoms. The van der Waals surface area contributed by atoms with Gasteiger partial charge in [0.25, 0.3) is 0 Å². The van der Waals surface area contributed by atoms with Crippen LogP contribution >= 0.6 is 0 Å². The molecule has 21 heavy (non-hydrogen) atoms. The van der Waals surface area contributed by atoms with Crippen molar-refractivity contribution in [2.24, 2.45) is 11.8 Å². The first-order valence-corrected chi connectivity index (χ1v) is 7.98. The Labute approximate surface area is 126 Å². The summed E-state index contributed by atoms with van der Waals surface area (Å²) in [6.45, 7) is 4.53. The minimum absolute atomic E-state index is 0.0918. The molecule has 5 heteroatoms. The fourth-order valence-corrected chi connectivity index (χ4v) is 3.05. The maximum absolute atomic E-state index is 12.6. The molecule has 1 unspecified atom stereocenters. The number of nitrogens with one attached hydrogen (secondary N) is 1. The second kappa shape index (κ2) is 7.59. The summed E-state index contributed by atoms with van der Waals surface area (Å²) in [5.74, 6) is 0.959. The van der Waals surface area contributed by atoms with E-state index >= 15 is 0 Å². The Hall–Kier alpha value is -1.36. The maximum Gasteiger partial charge on any atom is 0.243 e. The molecule has 0 bridgehead atoms. The predicted molar refractivity (Wildman–Crippen MR) is 81.7 cm³/mol. The van der Waals surface area contributed by atoms with Gasteiger partial charge in [0.1, 0.15) is 6.04 Å². The summed E-state index contributed by atoms with van der Waals surface area (Å²) in [7, 11) is 0. The first-order valence-electron chi connectivity index (χ1n) is 7.98. The zero-order chi connectivity index (χ0) is 15.2. The van der Waals surface area contributed by atoms with E-state index in [1.165, 1.54) is 0 Å².